The van der Waals surface area contributed by atoms with E-state index in [2.05, 4.69) is 35.5 Å². The van der Waals surface area contributed by atoms with Gasteiger partial charge >= 0.3 is 5.97 Å². The fourth-order valence-corrected chi connectivity index (χ4v) is 8.34. The number of aliphatic carboxylic acids is 1. The zero-order chi connectivity index (χ0) is 27.7. The molecule has 1 aromatic rings. The van der Waals surface area contributed by atoms with Gasteiger partial charge in [0, 0.05) is 11.7 Å². The van der Waals surface area contributed by atoms with Gasteiger partial charge in [-0.2, -0.15) is 17.9 Å². The maximum absolute atomic E-state index is 13.6. The molecule has 2 bridgehead atoms. The Morgan fingerprint density at radius 3 is 2.21 bits per heavy atom. The van der Waals surface area contributed by atoms with E-state index in [9.17, 15) is 23.1 Å². The molecule has 0 unspecified atom stereocenters. The molecule has 0 aliphatic heterocycles. The van der Waals surface area contributed by atoms with Crippen molar-refractivity contribution in [2.24, 2.45) is 22.7 Å². The van der Waals surface area contributed by atoms with Crippen molar-refractivity contribution < 1.29 is 23.1 Å². The second-order valence-electron chi connectivity index (χ2n) is 12.5. The number of hydrogen-bond acceptors (Lipinski definition) is 5. The number of carboxylic acid groups (broad SMARTS) is 1. The summed E-state index contributed by atoms with van der Waals surface area (Å²) < 4.78 is 31.2. The fraction of sp³-hybridized carbons (Fsp3) is 0.714. The summed E-state index contributed by atoms with van der Waals surface area (Å²) in [5.41, 5.74) is 6.95. The Balaban J connectivity index is 1.48. The molecule has 1 aromatic carbocycles. The predicted molar refractivity (Wildman–Crippen MR) is 147 cm³/mol. The van der Waals surface area contributed by atoms with Crippen LogP contribution in [0.4, 0.5) is 5.69 Å². The van der Waals surface area contributed by atoms with Crippen molar-refractivity contribution in [3.63, 3.8) is 0 Å². The van der Waals surface area contributed by atoms with Crippen LogP contribution < -0.4 is 20.5 Å². The Hall–Kier alpha value is -2.17. The fourth-order valence-electron chi connectivity index (χ4n) is 7.14. The molecule has 3 saturated carbocycles. The molecule has 1 amide bonds. The standard InChI is InChI=1S/C28H44N4O5S/c1-27(2)20-13-14-28(27,3)24(17-20)30-25(33)22(15-18-7-5-4-6-8-18)31-38(36,37)32-23(26(34)35)16-19-9-11-21(29)12-10-19/h9-12,18,20,22-24,31-32H,4-8,13-17,29H2,1-3H3,(H,30,33)(H,34,35)/t20-,22+,23+,24+,28+/m1/s1. The summed E-state index contributed by atoms with van der Waals surface area (Å²) in [7, 11) is -4.30. The molecule has 212 valence electrons. The molecular formula is C28H44N4O5S. The summed E-state index contributed by atoms with van der Waals surface area (Å²) in [5, 5.41) is 12.9. The van der Waals surface area contributed by atoms with E-state index < -0.39 is 28.3 Å². The lowest BCUT2D eigenvalue weighted by molar-refractivity contribution is -0.138. The highest BCUT2D eigenvalue weighted by atomic mass is 32.2. The third-order valence-electron chi connectivity index (χ3n) is 10.0. The largest absolute Gasteiger partial charge is 0.480 e. The Kier molecular flexibility index (Phi) is 8.45. The molecule has 0 saturated heterocycles. The Labute approximate surface area is 226 Å². The molecule has 6 N–H and O–H groups in total. The summed E-state index contributed by atoms with van der Waals surface area (Å²) >= 11 is 0. The van der Waals surface area contributed by atoms with Gasteiger partial charge < -0.3 is 16.2 Å². The highest BCUT2D eigenvalue weighted by molar-refractivity contribution is 7.87. The average Bonchev–Trinajstić information content (AvgIpc) is 3.18. The van der Waals surface area contributed by atoms with Crippen LogP contribution in [0.15, 0.2) is 24.3 Å². The number of carbonyl (C=O) groups is 2. The maximum atomic E-state index is 13.6. The van der Waals surface area contributed by atoms with E-state index in [1.807, 2.05) is 0 Å². The maximum Gasteiger partial charge on any atom is 0.322 e. The molecule has 0 aromatic heterocycles. The number of amides is 1. The average molecular weight is 549 g/mol. The summed E-state index contributed by atoms with van der Waals surface area (Å²) in [6.07, 6.45) is 8.68. The minimum atomic E-state index is -4.30. The number of carboxylic acids is 1. The second kappa shape index (κ2) is 11.1. The van der Waals surface area contributed by atoms with Gasteiger partial charge in [-0.15, -0.1) is 0 Å². The van der Waals surface area contributed by atoms with Crippen molar-refractivity contribution in [3.05, 3.63) is 29.8 Å². The molecule has 9 nitrogen and oxygen atoms in total. The highest BCUT2D eigenvalue weighted by Crippen LogP contribution is 2.65. The molecule has 3 aliphatic rings. The van der Waals surface area contributed by atoms with Gasteiger partial charge in [0.1, 0.15) is 12.1 Å². The van der Waals surface area contributed by atoms with Crippen LogP contribution in [0.5, 0.6) is 0 Å². The minimum absolute atomic E-state index is 0.00708. The number of nitrogens with two attached hydrogens (primary N) is 1. The van der Waals surface area contributed by atoms with Crippen LogP contribution in [0.1, 0.15) is 84.1 Å². The van der Waals surface area contributed by atoms with Gasteiger partial charge in [-0.3, -0.25) is 9.59 Å². The molecule has 0 radical (unpaired) electrons. The number of hydrogen-bond donors (Lipinski definition) is 5. The van der Waals surface area contributed by atoms with Crippen LogP contribution in [0.2, 0.25) is 0 Å². The zero-order valence-electron chi connectivity index (χ0n) is 22.8. The van der Waals surface area contributed by atoms with Crippen LogP contribution in [0.25, 0.3) is 0 Å². The molecule has 4 rings (SSSR count). The molecule has 3 fully saturated rings. The molecule has 10 heteroatoms. The van der Waals surface area contributed by atoms with Gasteiger partial charge in [-0.1, -0.05) is 65.0 Å². The van der Waals surface area contributed by atoms with E-state index in [1.165, 1.54) is 0 Å². The van der Waals surface area contributed by atoms with Crippen LogP contribution in [0.3, 0.4) is 0 Å². The molecule has 0 spiro atoms. The number of anilines is 1. The lowest BCUT2D eigenvalue weighted by Gasteiger charge is -2.40. The van der Waals surface area contributed by atoms with Crippen molar-refractivity contribution in [1.82, 2.24) is 14.8 Å². The van der Waals surface area contributed by atoms with E-state index in [0.29, 0.717) is 23.6 Å². The number of nitrogen functional groups attached to an aromatic ring is 1. The van der Waals surface area contributed by atoms with Crippen molar-refractivity contribution in [3.8, 4) is 0 Å². The molecule has 3 aliphatic carbocycles. The van der Waals surface area contributed by atoms with Crippen LogP contribution in [-0.2, 0) is 26.2 Å². The van der Waals surface area contributed by atoms with E-state index in [4.69, 9.17) is 5.73 Å². The van der Waals surface area contributed by atoms with Gasteiger partial charge in [0.25, 0.3) is 10.2 Å². The molecular weight excluding hydrogens is 504 g/mol. The number of nitrogens with one attached hydrogen (secondary N) is 3. The van der Waals surface area contributed by atoms with Gasteiger partial charge in [0.15, 0.2) is 0 Å². The molecule has 38 heavy (non-hydrogen) atoms. The SMILES string of the molecule is CC1(C)[C@@H]2CC[C@@]1(C)[C@@H](NC(=O)[C@H](CC1CCCCC1)NS(=O)(=O)N[C@@H](Cc1ccc(N)cc1)C(=O)O)C2. The van der Waals surface area contributed by atoms with Crippen LogP contribution >= 0.6 is 0 Å². The monoisotopic (exact) mass is 548 g/mol. The van der Waals surface area contributed by atoms with Crippen LogP contribution in [0, 0.1) is 22.7 Å². The van der Waals surface area contributed by atoms with Crippen LogP contribution in [-0.4, -0.2) is 43.5 Å². The van der Waals surface area contributed by atoms with E-state index in [-0.39, 0.29) is 35.1 Å². The summed E-state index contributed by atoms with van der Waals surface area (Å²) in [4.78, 5) is 25.6. The zero-order valence-corrected chi connectivity index (χ0v) is 23.6. The first-order chi connectivity index (χ1) is 17.8. The minimum Gasteiger partial charge on any atom is -0.480 e. The van der Waals surface area contributed by atoms with Crippen molar-refractivity contribution >= 4 is 27.8 Å². The quantitative estimate of drug-likeness (QED) is 0.268. The van der Waals surface area contributed by atoms with Crippen molar-refractivity contribution in [2.75, 3.05) is 5.73 Å². The number of benzene rings is 1. The third kappa shape index (κ3) is 6.18. The summed E-state index contributed by atoms with van der Waals surface area (Å²) in [6.45, 7) is 6.79. The van der Waals surface area contributed by atoms with E-state index in [1.54, 1.807) is 24.3 Å². The summed E-state index contributed by atoms with van der Waals surface area (Å²) in [6, 6.07) is 4.26. The Morgan fingerprint density at radius 1 is 1.03 bits per heavy atom. The van der Waals surface area contributed by atoms with Gasteiger partial charge in [0.2, 0.25) is 5.91 Å². The lowest BCUT2D eigenvalue weighted by Crippen LogP contribution is -2.57. The second-order valence-corrected chi connectivity index (χ2v) is 14.0. The normalized spacial score (nSPS) is 28.6. The summed E-state index contributed by atoms with van der Waals surface area (Å²) in [5.74, 6) is -0.824. The van der Waals surface area contributed by atoms with Gasteiger partial charge in [0.05, 0.1) is 0 Å². The first-order valence-electron chi connectivity index (χ1n) is 14.0. The lowest BCUT2D eigenvalue weighted by atomic mass is 9.69. The van der Waals surface area contributed by atoms with Crippen molar-refractivity contribution in [2.45, 2.75) is 103 Å². The first kappa shape index (κ1) is 28.8. The van der Waals surface area contributed by atoms with Gasteiger partial charge in [-0.25, -0.2) is 0 Å². The molecule has 5 atom stereocenters. The number of rotatable bonds is 11. The van der Waals surface area contributed by atoms with Gasteiger partial charge in [-0.05, 0) is 72.5 Å². The van der Waals surface area contributed by atoms with E-state index in [0.717, 1.165) is 51.4 Å². The number of fused-ring (bicyclic) bond motifs is 2. The third-order valence-corrected chi connectivity index (χ3v) is 11.2. The van der Waals surface area contributed by atoms with E-state index >= 15 is 0 Å². The molecule has 0 heterocycles. The highest BCUT2D eigenvalue weighted by Gasteiger charge is 2.61. The van der Waals surface area contributed by atoms with Crippen molar-refractivity contribution in [1.29, 1.82) is 0 Å². The smallest absolute Gasteiger partial charge is 0.322 e. The predicted octanol–water partition coefficient (Wildman–Crippen LogP) is 3.36. The Morgan fingerprint density at radius 2 is 1.66 bits per heavy atom. The first-order valence-corrected chi connectivity index (χ1v) is 15.5. The number of carbonyl (C=O) groups excluding carboxylic acids is 1. The topological polar surface area (TPSA) is 151 Å². The Bertz CT molecular complexity index is 1120.